The van der Waals surface area contributed by atoms with Gasteiger partial charge in [-0.2, -0.15) is 0 Å². The summed E-state index contributed by atoms with van der Waals surface area (Å²) in [6.45, 7) is 8.19. The normalized spacial score (nSPS) is 10.2. The molecule has 3 nitrogen and oxygen atoms in total. The topological polar surface area (TPSA) is 29.5 Å². The number of para-hydroxylation sites is 1. The first-order valence-corrected chi connectivity index (χ1v) is 6.75. The van der Waals surface area contributed by atoms with Gasteiger partial charge in [0.2, 0.25) is 0 Å². The van der Waals surface area contributed by atoms with E-state index in [2.05, 4.69) is 6.92 Å². The van der Waals surface area contributed by atoms with Gasteiger partial charge in [-0.1, -0.05) is 25.5 Å². The maximum Gasteiger partial charge on any atom is 0.257 e. The molecule has 1 aromatic carbocycles. The average molecular weight is 249 g/mol. The lowest BCUT2D eigenvalue weighted by molar-refractivity contribution is 0.0758. The van der Waals surface area contributed by atoms with Crippen molar-refractivity contribution in [3.63, 3.8) is 0 Å². The highest BCUT2D eigenvalue weighted by Gasteiger charge is 2.17. The van der Waals surface area contributed by atoms with Crippen LogP contribution in [0.15, 0.2) is 24.3 Å². The first kappa shape index (κ1) is 14.6. The van der Waals surface area contributed by atoms with Crippen molar-refractivity contribution in [1.82, 2.24) is 4.90 Å². The van der Waals surface area contributed by atoms with Gasteiger partial charge in [0.15, 0.2) is 0 Å². The van der Waals surface area contributed by atoms with E-state index < -0.39 is 0 Å². The van der Waals surface area contributed by atoms with Gasteiger partial charge >= 0.3 is 0 Å². The van der Waals surface area contributed by atoms with Crippen molar-refractivity contribution in [3.8, 4) is 5.75 Å². The van der Waals surface area contributed by atoms with Crippen molar-refractivity contribution in [2.24, 2.45) is 0 Å². The molecule has 3 heteroatoms. The van der Waals surface area contributed by atoms with E-state index >= 15 is 0 Å². The molecule has 0 heterocycles. The number of amides is 1. The minimum Gasteiger partial charge on any atom is -0.493 e. The van der Waals surface area contributed by atoms with Gasteiger partial charge < -0.3 is 9.64 Å². The number of rotatable bonds is 7. The Bertz CT molecular complexity index is 377. The lowest BCUT2D eigenvalue weighted by Gasteiger charge is -2.21. The summed E-state index contributed by atoms with van der Waals surface area (Å²) >= 11 is 0. The summed E-state index contributed by atoms with van der Waals surface area (Å²) in [4.78, 5) is 14.3. The van der Waals surface area contributed by atoms with Crippen LogP contribution in [-0.2, 0) is 0 Å². The molecule has 0 aliphatic heterocycles. The standard InChI is InChI=1S/C15H23NO2/c1-4-7-12-16(5-2)15(17)13-10-8-9-11-14(13)18-6-3/h8-11H,4-7,12H2,1-3H3. The highest BCUT2D eigenvalue weighted by atomic mass is 16.5. The molecule has 1 rings (SSSR count). The van der Waals surface area contributed by atoms with Crippen LogP contribution in [0.4, 0.5) is 0 Å². The second kappa shape index (κ2) is 7.75. The highest BCUT2D eigenvalue weighted by molar-refractivity contribution is 5.96. The minimum absolute atomic E-state index is 0.0648. The van der Waals surface area contributed by atoms with Crippen LogP contribution in [0.1, 0.15) is 44.0 Å². The minimum atomic E-state index is 0.0648. The largest absolute Gasteiger partial charge is 0.493 e. The first-order valence-electron chi connectivity index (χ1n) is 6.75. The Morgan fingerprint density at radius 3 is 2.56 bits per heavy atom. The zero-order chi connectivity index (χ0) is 13.4. The lowest BCUT2D eigenvalue weighted by Crippen LogP contribution is -2.32. The number of carbonyl (C=O) groups excluding carboxylic acids is 1. The molecular formula is C15H23NO2. The van der Waals surface area contributed by atoms with Crippen molar-refractivity contribution >= 4 is 5.91 Å². The summed E-state index contributed by atoms with van der Waals surface area (Å²) in [5, 5.41) is 0. The SMILES string of the molecule is CCCCN(CC)C(=O)c1ccccc1OCC. The van der Waals surface area contributed by atoms with Gasteiger partial charge in [0.1, 0.15) is 5.75 Å². The fraction of sp³-hybridized carbons (Fsp3) is 0.533. The Labute approximate surface area is 110 Å². The molecule has 0 atom stereocenters. The second-order valence-electron chi connectivity index (χ2n) is 4.17. The summed E-state index contributed by atoms with van der Waals surface area (Å²) in [6.07, 6.45) is 2.13. The molecule has 0 saturated heterocycles. The number of carbonyl (C=O) groups is 1. The third-order valence-electron chi connectivity index (χ3n) is 2.87. The van der Waals surface area contributed by atoms with Crippen LogP contribution in [0.5, 0.6) is 5.75 Å². The zero-order valence-corrected chi connectivity index (χ0v) is 11.6. The van der Waals surface area contributed by atoms with Crippen molar-refractivity contribution < 1.29 is 9.53 Å². The quantitative estimate of drug-likeness (QED) is 0.741. The van der Waals surface area contributed by atoms with Crippen molar-refractivity contribution in [2.45, 2.75) is 33.6 Å². The molecule has 18 heavy (non-hydrogen) atoms. The smallest absolute Gasteiger partial charge is 0.257 e. The number of hydrogen-bond acceptors (Lipinski definition) is 2. The van der Waals surface area contributed by atoms with E-state index in [1.807, 2.05) is 43.0 Å². The van der Waals surface area contributed by atoms with E-state index in [1.54, 1.807) is 0 Å². The molecule has 0 fully saturated rings. The molecule has 0 bridgehead atoms. The van der Waals surface area contributed by atoms with Gasteiger partial charge in [-0.3, -0.25) is 4.79 Å². The monoisotopic (exact) mass is 249 g/mol. The number of nitrogens with zero attached hydrogens (tertiary/aromatic N) is 1. The number of ether oxygens (including phenoxy) is 1. The predicted octanol–water partition coefficient (Wildman–Crippen LogP) is 3.35. The van der Waals surface area contributed by atoms with E-state index in [4.69, 9.17) is 4.74 Å². The van der Waals surface area contributed by atoms with Gasteiger partial charge in [0, 0.05) is 13.1 Å². The van der Waals surface area contributed by atoms with Crippen molar-refractivity contribution in [3.05, 3.63) is 29.8 Å². The molecule has 0 spiro atoms. The Morgan fingerprint density at radius 2 is 1.94 bits per heavy atom. The van der Waals surface area contributed by atoms with Crippen LogP contribution < -0.4 is 4.74 Å². The molecular weight excluding hydrogens is 226 g/mol. The lowest BCUT2D eigenvalue weighted by atomic mass is 10.1. The Morgan fingerprint density at radius 1 is 1.22 bits per heavy atom. The van der Waals surface area contributed by atoms with Crippen LogP contribution in [0.2, 0.25) is 0 Å². The fourth-order valence-corrected chi connectivity index (χ4v) is 1.85. The van der Waals surface area contributed by atoms with Gasteiger partial charge in [0.25, 0.3) is 5.91 Å². The van der Waals surface area contributed by atoms with Gasteiger partial charge in [0.05, 0.1) is 12.2 Å². The van der Waals surface area contributed by atoms with Crippen LogP contribution in [0.3, 0.4) is 0 Å². The number of unbranched alkanes of at least 4 members (excludes halogenated alkanes) is 1. The molecule has 0 radical (unpaired) electrons. The molecule has 0 aliphatic rings. The van der Waals surface area contributed by atoms with Crippen LogP contribution >= 0.6 is 0 Å². The molecule has 0 N–H and O–H groups in total. The summed E-state index contributed by atoms with van der Waals surface area (Å²) in [7, 11) is 0. The van der Waals surface area contributed by atoms with Gasteiger partial charge in [-0.05, 0) is 32.4 Å². The predicted molar refractivity (Wildman–Crippen MR) is 74.1 cm³/mol. The van der Waals surface area contributed by atoms with E-state index in [0.717, 1.165) is 25.9 Å². The molecule has 0 aromatic heterocycles. The molecule has 1 aromatic rings. The number of benzene rings is 1. The van der Waals surface area contributed by atoms with Gasteiger partial charge in [-0.25, -0.2) is 0 Å². The maximum absolute atomic E-state index is 12.4. The highest BCUT2D eigenvalue weighted by Crippen LogP contribution is 2.20. The van der Waals surface area contributed by atoms with E-state index in [1.165, 1.54) is 0 Å². The number of hydrogen-bond donors (Lipinski definition) is 0. The van der Waals surface area contributed by atoms with Crippen molar-refractivity contribution in [2.75, 3.05) is 19.7 Å². The van der Waals surface area contributed by atoms with E-state index in [0.29, 0.717) is 17.9 Å². The van der Waals surface area contributed by atoms with Crippen LogP contribution in [0, 0.1) is 0 Å². The van der Waals surface area contributed by atoms with Crippen molar-refractivity contribution in [1.29, 1.82) is 0 Å². The zero-order valence-electron chi connectivity index (χ0n) is 11.6. The maximum atomic E-state index is 12.4. The summed E-state index contributed by atoms with van der Waals surface area (Å²) in [5.41, 5.74) is 0.664. The second-order valence-corrected chi connectivity index (χ2v) is 4.17. The summed E-state index contributed by atoms with van der Waals surface area (Å²) in [6, 6.07) is 7.46. The Hall–Kier alpha value is -1.51. The van der Waals surface area contributed by atoms with Crippen LogP contribution in [-0.4, -0.2) is 30.5 Å². The molecule has 100 valence electrons. The summed E-state index contributed by atoms with van der Waals surface area (Å²) in [5.74, 6) is 0.745. The van der Waals surface area contributed by atoms with Crippen LogP contribution in [0.25, 0.3) is 0 Å². The third kappa shape index (κ3) is 3.76. The average Bonchev–Trinajstić information content (AvgIpc) is 2.40. The molecule has 1 amide bonds. The first-order chi connectivity index (χ1) is 8.74. The molecule has 0 saturated carbocycles. The van der Waals surface area contributed by atoms with E-state index in [-0.39, 0.29) is 5.91 Å². The molecule has 0 aliphatic carbocycles. The Balaban J connectivity index is 2.86. The summed E-state index contributed by atoms with van der Waals surface area (Å²) < 4.78 is 5.51. The Kier molecular flexibility index (Phi) is 6.26. The fourth-order valence-electron chi connectivity index (χ4n) is 1.85. The van der Waals surface area contributed by atoms with E-state index in [9.17, 15) is 4.79 Å². The van der Waals surface area contributed by atoms with Gasteiger partial charge in [-0.15, -0.1) is 0 Å². The third-order valence-corrected chi connectivity index (χ3v) is 2.87. The molecule has 0 unspecified atom stereocenters.